The molecular weight excluding hydrogens is 346 g/mol. The van der Waals surface area contributed by atoms with Crippen LogP contribution in [0.4, 0.5) is 22.0 Å². The van der Waals surface area contributed by atoms with Crippen LogP contribution in [-0.4, -0.2) is 4.98 Å². The van der Waals surface area contributed by atoms with E-state index in [4.69, 9.17) is 5.73 Å². The van der Waals surface area contributed by atoms with Gasteiger partial charge in [-0.3, -0.25) is 0 Å². The zero-order valence-electron chi connectivity index (χ0n) is 7.65. The molecule has 2 nitrogen and oxygen atoms in total. The standard InChI is InChI=1S/C8H6F5IN2/c9-7(10)3-1-5(14)16-4(2-15)6(3)8(11,12)13/h1,7H,2,15H2. The Labute approximate surface area is 101 Å². The minimum Gasteiger partial charge on any atom is -0.325 e. The molecule has 0 unspecified atom stereocenters. The van der Waals surface area contributed by atoms with Crippen molar-refractivity contribution in [3.8, 4) is 0 Å². The fraction of sp³-hybridized carbons (Fsp3) is 0.375. The molecule has 8 heteroatoms. The molecule has 0 saturated heterocycles. The Morgan fingerprint density at radius 1 is 1.38 bits per heavy atom. The molecule has 16 heavy (non-hydrogen) atoms. The van der Waals surface area contributed by atoms with Gasteiger partial charge in [-0.15, -0.1) is 0 Å². The fourth-order valence-corrected chi connectivity index (χ4v) is 1.86. The van der Waals surface area contributed by atoms with E-state index in [-0.39, 0.29) is 3.70 Å². The van der Waals surface area contributed by atoms with Crippen molar-refractivity contribution in [1.82, 2.24) is 4.98 Å². The average molecular weight is 352 g/mol. The smallest absolute Gasteiger partial charge is 0.325 e. The fourth-order valence-electron chi connectivity index (χ4n) is 1.23. The van der Waals surface area contributed by atoms with E-state index < -0.39 is 36.0 Å². The molecule has 0 amide bonds. The van der Waals surface area contributed by atoms with Gasteiger partial charge in [0.25, 0.3) is 6.43 Å². The molecule has 0 spiro atoms. The molecule has 1 aromatic rings. The van der Waals surface area contributed by atoms with Gasteiger partial charge in [-0.1, -0.05) is 0 Å². The minimum absolute atomic E-state index is 0.0568. The third-order valence-corrected chi connectivity index (χ3v) is 2.36. The van der Waals surface area contributed by atoms with Crippen LogP contribution in [0.15, 0.2) is 6.07 Å². The summed E-state index contributed by atoms with van der Waals surface area (Å²) in [6.07, 6.45) is -8.09. The maximum atomic E-state index is 12.6. The maximum Gasteiger partial charge on any atom is 0.418 e. The molecule has 2 N–H and O–H groups in total. The van der Waals surface area contributed by atoms with E-state index in [0.717, 1.165) is 0 Å². The Kier molecular flexibility index (Phi) is 4.05. The summed E-state index contributed by atoms with van der Waals surface area (Å²) in [7, 11) is 0. The van der Waals surface area contributed by atoms with Crippen LogP contribution in [0.3, 0.4) is 0 Å². The lowest BCUT2D eigenvalue weighted by Crippen LogP contribution is -2.18. The molecule has 0 fully saturated rings. The molecule has 1 rings (SSSR count). The molecule has 0 aliphatic rings. The van der Waals surface area contributed by atoms with Gasteiger partial charge < -0.3 is 5.73 Å². The molecule has 0 aromatic carbocycles. The molecule has 1 aromatic heterocycles. The van der Waals surface area contributed by atoms with Gasteiger partial charge in [0.2, 0.25) is 0 Å². The van der Waals surface area contributed by atoms with Crippen LogP contribution < -0.4 is 5.73 Å². The van der Waals surface area contributed by atoms with E-state index in [1.165, 1.54) is 0 Å². The minimum atomic E-state index is -4.88. The van der Waals surface area contributed by atoms with Crippen LogP contribution in [-0.2, 0) is 12.7 Å². The summed E-state index contributed by atoms with van der Waals surface area (Å²) in [6.45, 7) is -0.536. The zero-order valence-corrected chi connectivity index (χ0v) is 9.81. The van der Waals surface area contributed by atoms with Crippen LogP contribution in [0.25, 0.3) is 0 Å². The highest BCUT2D eigenvalue weighted by Gasteiger charge is 2.39. The van der Waals surface area contributed by atoms with E-state index >= 15 is 0 Å². The number of rotatable bonds is 2. The summed E-state index contributed by atoms with van der Waals surface area (Å²) in [6, 6.07) is 0.715. The second-order valence-electron chi connectivity index (χ2n) is 2.86. The van der Waals surface area contributed by atoms with Gasteiger partial charge >= 0.3 is 6.18 Å². The quantitative estimate of drug-likeness (QED) is 0.505. The number of alkyl halides is 5. The lowest BCUT2D eigenvalue weighted by molar-refractivity contribution is -0.140. The van der Waals surface area contributed by atoms with Gasteiger partial charge in [0.15, 0.2) is 0 Å². The largest absolute Gasteiger partial charge is 0.418 e. The predicted molar refractivity (Wildman–Crippen MR) is 54.8 cm³/mol. The van der Waals surface area contributed by atoms with Crippen molar-refractivity contribution >= 4 is 22.6 Å². The highest BCUT2D eigenvalue weighted by molar-refractivity contribution is 14.1. The highest BCUT2D eigenvalue weighted by Crippen LogP contribution is 2.38. The monoisotopic (exact) mass is 352 g/mol. The predicted octanol–water partition coefficient (Wildman–Crippen LogP) is 3.10. The van der Waals surface area contributed by atoms with E-state index in [2.05, 4.69) is 4.98 Å². The summed E-state index contributed by atoms with van der Waals surface area (Å²) in [5.74, 6) is 0. The highest BCUT2D eigenvalue weighted by atomic mass is 127. The van der Waals surface area contributed by atoms with Crippen molar-refractivity contribution in [3.05, 3.63) is 26.6 Å². The first-order valence-corrected chi connectivity index (χ1v) is 5.10. The van der Waals surface area contributed by atoms with Crippen LogP contribution in [0, 0.1) is 3.70 Å². The number of pyridine rings is 1. The average Bonchev–Trinajstić information content (AvgIpc) is 2.14. The summed E-state index contributed by atoms with van der Waals surface area (Å²) in [4.78, 5) is 3.51. The van der Waals surface area contributed by atoms with Crippen LogP contribution in [0.2, 0.25) is 0 Å². The van der Waals surface area contributed by atoms with Gasteiger partial charge in [-0.05, 0) is 28.7 Å². The lowest BCUT2D eigenvalue weighted by Gasteiger charge is -2.15. The van der Waals surface area contributed by atoms with Crippen LogP contribution in [0.5, 0.6) is 0 Å². The molecule has 0 aliphatic carbocycles. The van der Waals surface area contributed by atoms with Crippen LogP contribution in [0.1, 0.15) is 23.2 Å². The third-order valence-electron chi connectivity index (χ3n) is 1.81. The molecule has 0 atom stereocenters. The maximum absolute atomic E-state index is 12.6. The van der Waals surface area contributed by atoms with E-state index in [1.54, 1.807) is 22.6 Å². The van der Waals surface area contributed by atoms with Gasteiger partial charge in [-0.25, -0.2) is 13.8 Å². The van der Waals surface area contributed by atoms with E-state index in [1.807, 2.05) is 0 Å². The second-order valence-corrected chi connectivity index (χ2v) is 3.96. The number of halogens is 6. The third kappa shape index (κ3) is 2.78. The normalized spacial score (nSPS) is 12.2. The first-order chi connectivity index (χ1) is 7.27. The molecule has 1 heterocycles. The Morgan fingerprint density at radius 2 is 1.94 bits per heavy atom. The Balaban J connectivity index is 3.52. The summed E-state index contributed by atoms with van der Waals surface area (Å²) in [5.41, 5.74) is 2.01. The van der Waals surface area contributed by atoms with Crippen molar-refractivity contribution < 1.29 is 22.0 Å². The first kappa shape index (κ1) is 13.6. The van der Waals surface area contributed by atoms with Crippen molar-refractivity contribution in [2.24, 2.45) is 5.73 Å². The number of aromatic nitrogens is 1. The zero-order chi connectivity index (χ0) is 12.5. The summed E-state index contributed by atoms with van der Waals surface area (Å²) in [5, 5.41) is 0. The number of hydrogen-bond donors (Lipinski definition) is 1. The number of nitrogens with zero attached hydrogens (tertiary/aromatic N) is 1. The Morgan fingerprint density at radius 3 is 2.31 bits per heavy atom. The molecule has 0 bridgehead atoms. The van der Waals surface area contributed by atoms with Crippen molar-refractivity contribution in [2.75, 3.05) is 0 Å². The Hall–Kier alpha value is -0.510. The topological polar surface area (TPSA) is 38.9 Å². The van der Waals surface area contributed by atoms with Gasteiger partial charge in [-0.2, -0.15) is 13.2 Å². The molecule has 0 radical (unpaired) electrons. The number of nitrogens with two attached hydrogens (primary N) is 1. The lowest BCUT2D eigenvalue weighted by atomic mass is 10.1. The van der Waals surface area contributed by atoms with Crippen molar-refractivity contribution in [3.63, 3.8) is 0 Å². The van der Waals surface area contributed by atoms with E-state index in [9.17, 15) is 22.0 Å². The van der Waals surface area contributed by atoms with Crippen molar-refractivity contribution in [2.45, 2.75) is 19.1 Å². The van der Waals surface area contributed by atoms with Gasteiger partial charge in [0, 0.05) is 12.1 Å². The van der Waals surface area contributed by atoms with Crippen molar-refractivity contribution in [1.29, 1.82) is 0 Å². The molecular formula is C8H6F5IN2. The summed E-state index contributed by atoms with van der Waals surface area (Å²) < 4.78 is 62.7. The van der Waals surface area contributed by atoms with Gasteiger partial charge in [0.05, 0.1) is 11.3 Å². The molecule has 90 valence electrons. The Bertz CT molecular complexity index is 391. The van der Waals surface area contributed by atoms with Crippen LogP contribution >= 0.6 is 22.6 Å². The SMILES string of the molecule is NCc1nc(I)cc(C(F)F)c1C(F)(F)F. The second kappa shape index (κ2) is 4.78. The van der Waals surface area contributed by atoms with Gasteiger partial charge in [0.1, 0.15) is 3.70 Å². The number of hydrogen-bond acceptors (Lipinski definition) is 2. The molecule has 0 saturated carbocycles. The first-order valence-electron chi connectivity index (χ1n) is 4.02. The molecule has 0 aliphatic heterocycles. The summed E-state index contributed by atoms with van der Waals surface area (Å²) >= 11 is 1.57. The van der Waals surface area contributed by atoms with E-state index in [0.29, 0.717) is 6.07 Å².